The summed E-state index contributed by atoms with van der Waals surface area (Å²) in [6, 6.07) is 0. The molecule has 1 rings (SSSR count). The van der Waals surface area contributed by atoms with E-state index in [-0.39, 0.29) is 5.97 Å². The van der Waals surface area contributed by atoms with Crippen molar-refractivity contribution < 1.29 is 14.3 Å². The van der Waals surface area contributed by atoms with Crippen LogP contribution in [0.5, 0.6) is 0 Å². The van der Waals surface area contributed by atoms with Gasteiger partial charge in [0.15, 0.2) is 0 Å². The lowest BCUT2D eigenvalue weighted by atomic mass is 10.1. The lowest BCUT2D eigenvalue weighted by Crippen LogP contribution is -2.06. The van der Waals surface area contributed by atoms with Gasteiger partial charge in [0.05, 0.1) is 18.8 Å². The third-order valence-corrected chi connectivity index (χ3v) is 5.16. The van der Waals surface area contributed by atoms with E-state index in [4.69, 9.17) is 9.47 Å². The number of carbonyl (C=O) groups is 1. The van der Waals surface area contributed by atoms with Crippen LogP contribution in [0.3, 0.4) is 0 Å². The quantitative estimate of drug-likeness (QED) is 0.158. The van der Waals surface area contributed by atoms with Crippen LogP contribution in [0.4, 0.5) is 0 Å². The fraction of sp³-hybridized carbons (Fsp3) is 0.955. The molecule has 0 saturated carbocycles. The molecule has 0 aliphatic carbocycles. The van der Waals surface area contributed by atoms with Crippen molar-refractivity contribution in [3.63, 3.8) is 0 Å². The predicted octanol–water partition coefficient (Wildman–Crippen LogP) is 6.58. The van der Waals surface area contributed by atoms with Crippen molar-refractivity contribution in [2.75, 3.05) is 6.61 Å². The maximum absolute atomic E-state index is 11.7. The van der Waals surface area contributed by atoms with E-state index >= 15 is 0 Å². The fourth-order valence-corrected chi connectivity index (χ4v) is 3.40. The molecule has 0 amide bonds. The Hall–Kier alpha value is -0.570. The first-order valence-corrected chi connectivity index (χ1v) is 11.1. The highest BCUT2D eigenvalue weighted by Crippen LogP contribution is 2.31. The lowest BCUT2D eigenvalue weighted by molar-refractivity contribution is -0.143. The molecule has 2 unspecified atom stereocenters. The SMILES string of the molecule is CCCCCCCCOC(=O)CCCC1OC1CCCCCCCC. The molecule has 148 valence electrons. The molecule has 1 aliphatic rings. The Morgan fingerprint density at radius 3 is 1.88 bits per heavy atom. The molecule has 0 bridgehead atoms. The van der Waals surface area contributed by atoms with E-state index < -0.39 is 0 Å². The molecule has 1 fully saturated rings. The number of hydrogen-bond donors (Lipinski definition) is 0. The Kier molecular flexibility index (Phi) is 14.1. The standard InChI is InChI=1S/C22H42O3/c1-3-5-7-9-11-13-16-20-21(25-20)17-15-18-22(23)24-19-14-12-10-8-6-4-2/h20-21H,3-19H2,1-2H3. The van der Waals surface area contributed by atoms with Crippen LogP contribution in [0.1, 0.15) is 117 Å². The van der Waals surface area contributed by atoms with Crippen molar-refractivity contribution >= 4 is 5.97 Å². The van der Waals surface area contributed by atoms with Crippen LogP contribution in [0, 0.1) is 0 Å². The third kappa shape index (κ3) is 13.3. The first-order valence-electron chi connectivity index (χ1n) is 11.1. The summed E-state index contributed by atoms with van der Waals surface area (Å²) in [6.07, 6.45) is 20.0. The molecule has 0 spiro atoms. The molecule has 0 aromatic carbocycles. The summed E-state index contributed by atoms with van der Waals surface area (Å²) in [5, 5.41) is 0. The summed E-state index contributed by atoms with van der Waals surface area (Å²) in [4.78, 5) is 11.7. The second-order valence-corrected chi connectivity index (χ2v) is 7.65. The highest BCUT2D eigenvalue weighted by Gasteiger charge is 2.37. The molecule has 0 N–H and O–H groups in total. The fourth-order valence-electron chi connectivity index (χ4n) is 3.40. The van der Waals surface area contributed by atoms with Crippen LogP contribution in [0.2, 0.25) is 0 Å². The minimum Gasteiger partial charge on any atom is -0.466 e. The smallest absolute Gasteiger partial charge is 0.305 e. The van der Waals surface area contributed by atoms with Gasteiger partial charge in [0.25, 0.3) is 0 Å². The lowest BCUT2D eigenvalue weighted by Gasteiger charge is -2.04. The minimum absolute atomic E-state index is 0.0262. The number of esters is 1. The zero-order valence-corrected chi connectivity index (χ0v) is 16.9. The zero-order chi connectivity index (χ0) is 18.2. The maximum Gasteiger partial charge on any atom is 0.305 e. The van der Waals surface area contributed by atoms with Gasteiger partial charge in [-0.05, 0) is 25.7 Å². The maximum atomic E-state index is 11.7. The number of epoxide rings is 1. The molecule has 1 aliphatic heterocycles. The van der Waals surface area contributed by atoms with E-state index in [0.717, 1.165) is 19.3 Å². The largest absolute Gasteiger partial charge is 0.466 e. The molecule has 1 heterocycles. The van der Waals surface area contributed by atoms with Crippen molar-refractivity contribution in [3.8, 4) is 0 Å². The monoisotopic (exact) mass is 354 g/mol. The Bertz CT molecular complexity index is 316. The van der Waals surface area contributed by atoms with Crippen molar-refractivity contribution in [1.29, 1.82) is 0 Å². The number of unbranched alkanes of at least 4 members (excludes halogenated alkanes) is 10. The normalized spacial score (nSPS) is 19.1. The van der Waals surface area contributed by atoms with Crippen LogP contribution in [0.15, 0.2) is 0 Å². The van der Waals surface area contributed by atoms with E-state index in [0.29, 0.717) is 25.2 Å². The van der Waals surface area contributed by atoms with Gasteiger partial charge in [0, 0.05) is 6.42 Å². The summed E-state index contributed by atoms with van der Waals surface area (Å²) in [6.45, 7) is 5.09. The molecular weight excluding hydrogens is 312 g/mol. The van der Waals surface area contributed by atoms with Crippen LogP contribution >= 0.6 is 0 Å². The number of carbonyl (C=O) groups excluding carboxylic acids is 1. The highest BCUT2D eigenvalue weighted by molar-refractivity contribution is 5.69. The van der Waals surface area contributed by atoms with Gasteiger partial charge >= 0.3 is 5.97 Å². The van der Waals surface area contributed by atoms with E-state index in [2.05, 4.69) is 13.8 Å². The summed E-state index contributed by atoms with van der Waals surface area (Å²) >= 11 is 0. The van der Waals surface area contributed by atoms with Gasteiger partial charge in [-0.1, -0.05) is 84.5 Å². The van der Waals surface area contributed by atoms with Gasteiger partial charge in [-0.15, -0.1) is 0 Å². The third-order valence-electron chi connectivity index (χ3n) is 5.16. The van der Waals surface area contributed by atoms with E-state index in [1.165, 1.54) is 77.0 Å². The Morgan fingerprint density at radius 2 is 1.24 bits per heavy atom. The Labute approximate surface area is 156 Å². The molecule has 1 saturated heterocycles. The molecule has 25 heavy (non-hydrogen) atoms. The molecule has 0 radical (unpaired) electrons. The number of rotatable bonds is 18. The van der Waals surface area contributed by atoms with Gasteiger partial charge < -0.3 is 9.47 Å². The summed E-state index contributed by atoms with van der Waals surface area (Å²) < 4.78 is 11.0. The summed E-state index contributed by atoms with van der Waals surface area (Å²) in [5.74, 6) is -0.0262. The van der Waals surface area contributed by atoms with Gasteiger partial charge in [-0.2, -0.15) is 0 Å². The van der Waals surface area contributed by atoms with Crippen LogP contribution < -0.4 is 0 Å². The number of ether oxygens (including phenoxy) is 2. The van der Waals surface area contributed by atoms with E-state index in [1.807, 2.05) is 0 Å². The second kappa shape index (κ2) is 15.7. The van der Waals surface area contributed by atoms with Crippen molar-refractivity contribution in [2.24, 2.45) is 0 Å². The van der Waals surface area contributed by atoms with Crippen LogP contribution in [-0.4, -0.2) is 24.8 Å². The topological polar surface area (TPSA) is 38.8 Å². The molecule has 3 nitrogen and oxygen atoms in total. The van der Waals surface area contributed by atoms with Gasteiger partial charge in [-0.25, -0.2) is 0 Å². The average molecular weight is 355 g/mol. The Morgan fingerprint density at radius 1 is 0.720 bits per heavy atom. The molecule has 0 aromatic heterocycles. The first-order chi connectivity index (χ1) is 12.3. The summed E-state index contributed by atoms with van der Waals surface area (Å²) in [5.41, 5.74) is 0. The molecule has 0 aromatic rings. The van der Waals surface area contributed by atoms with E-state index in [9.17, 15) is 4.79 Å². The molecule has 2 atom stereocenters. The van der Waals surface area contributed by atoms with Crippen molar-refractivity contribution in [3.05, 3.63) is 0 Å². The highest BCUT2D eigenvalue weighted by atomic mass is 16.6. The number of hydrogen-bond acceptors (Lipinski definition) is 3. The Balaban J connectivity index is 1.81. The van der Waals surface area contributed by atoms with Crippen LogP contribution in [-0.2, 0) is 14.3 Å². The van der Waals surface area contributed by atoms with Gasteiger partial charge in [0.1, 0.15) is 0 Å². The molecule has 3 heteroatoms. The van der Waals surface area contributed by atoms with Gasteiger partial charge in [0.2, 0.25) is 0 Å². The zero-order valence-electron chi connectivity index (χ0n) is 16.9. The second-order valence-electron chi connectivity index (χ2n) is 7.65. The van der Waals surface area contributed by atoms with E-state index in [1.54, 1.807) is 0 Å². The minimum atomic E-state index is -0.0262. The summed E-state index contributed by atoms with van der Waals surface area (Å²) in [7, 11) is 0. The van der Waals surface area contributed by atoms with Crippen molar-refractivity contribution in [2.45, 2.75) is 129 Å². The van der Waals surface area contributed by atoms with Gasteiger partial charge in [-0.3, -0.25) is 4.79 Å². The van der Waals surface area contributed by atoms with Crippen LogP contribution in [0.25, 0.3) is 0 Å². The van der Waals surface area contributed by atoms with Crippen molar-refractivity contribution in [1.82, 2.24) is 0 Å². The predicted molar refractivity (Wildman–Crippen MR) is 105 cm³/mol. The average Bonchev–Trinajstić information content (AvgIpc) is 3.35. The first kappa shape index (κ1) is 22.5. The molecular formula is C22H42O3.